The zero-order chi connectivity index (χ0) is 17.3. The summed E-state index contributed by atoms with van der Waals surface area (Å²) in [5.74, 6) is -1.32. The molecule has 1 aromatic carbocycles. The number of alkyl halides is 3. The molecule has 0 saturated carbocycles. The fourth-order valence-electron chi connectivity index (χ4n) is 1.91. The van der Waals surface area contributed by atoms with Gasteiger partial charge in [0.2, 0.25) is 5.82 Å². The average molecular weight is 326 g/mol. The first-order chi connectivity index (χ1) is 10.6. The van der Waals surface area contributed by atoms with Gasteiger partial charge in [-0.1, -0.05) is 50.2 Å². The average Bonchev–Trinajstić information content (AvgIpc) is 2.94. The highest BCUT2D eigenvalue weighted by molar-refractivity contribution is 5.83. The van der Waals surface area contributed by atoms with Crippen molar-refractivity contribution in [3.63, 3.8) is 0 Å². The SMILES string of the molecule is CC(C)(C)C(=O)CCc1ccc(-c2noc(C(F)(F)F)n2)cc1. The quantitative estimate of drug-likeness (QED) is 0.840. The monoisotopic (exact) mass is 326 g/mol. The second kappa shape index (κ2) is 6.14. The van der Waals surface area contributed by atoms with Crippen molar-refractivity contribution in [2.45, 2.75) is 39.8 Å². The maximum absolute atomic E-state index is 12.4. The van der Waals surface area contributed by atoms with Gasteiger partial charge in [-0.2, -0.15) is 18.2 Å². The molecule has 0 spiro atoms. The Labute approximate surface area is 131 Å². The molecule has 0 aliphatic heterocycles. The Morgan fingerprint density at radius 3 is 2.22 bits per heavy atom. The summed E-state index contributed by atoms with van der Waals surface area (Å²) in [4.78, 5) is 15.2. The van der Waals surface area contributed by atoms with Crippen molar-refractivity contribution in [1.29, 1.82) is 0 Å². The Hall–Kier alpha value is -2.18. The Morgan fingerprint density at radius 1 is 1.13 bits per heavy atom. The Kier molecular flexibility index (Phi) is 4.58. The number of halogens is 3. The van der Waals surface area contributed by atoms with Gasteiger partial charge in [-0.05, 0) is 12.0 Å². The molecule has 0 unspecified atom stereocenters. The number of aryl methyl sites for hydroxylation is 1. The summed E-state index contributed by atoms with van der Waals surface area (Å²) < 4.78 is 41.5. The van der Waals surface area contributed by atoms with Crippen molar-refractivity contribution in [1.82, 2.24) is 10.1 Å². The molecule has 0 radical (unpaired) electrons. The van der Waals surface area contributed by atoms with Crippen LogP contribution >= 0.6 is 0 Å². The molecule has 7 heteroatoms. The molecule has 2 aromatic rings. The van der Waals surface area contributed by atoms with Crippen molar-refractivity contribution in [3.05, 3.63) is 35.7 Å². The first kappa shape index (κ1) is 17.2. The van der Waals surface area contributed by atoms with Gasteiger partial charge in [-0.15, -0.1) is 0 Å². The second-order valence-corrected chi connectivity index (χ2v) is 6.29. The van der Waals surface area contributed by atoms with E-state index in [-0.39, 0.29) is 17.0 Å². The lowest BCUT2D eigenvalue weighted by Crippen LogP contribution is -2.20. The van der Waals surface area contributed by atoms with Crippen LogP contribution in [-0.2, 0) is 17.4 Å². The Morgan fingerprint density at radius 2 is 1.74 bits per heavy atom. The van der Waals surface area contributed by atoms with Crippen LogP contribution in [0.4, 0.5) is 13.2 Å². The van der Waals surface area contributed by atoms with E-state index in [9.17, 15) is 18.0 Å². The van der Waals surface area contributed by atoms with E-state index in [1.807, 2.05) is 20.8 Å². The smallest absolute Gasteiger partial charge is 0.329 e. The Balaban J connectivity index is 2.05. The van der Waals surface area contributed by atoms with Crippen LogP contribution in [0.25, 0.3) is 11.4 Å². The fourth-order valence-corrected chi connectivity index (χ4v) is 1.91. The van der Waals surface area contributed by atoms with E-state index in [1.54, 1.807) is 24.3 Å². The van der Waals surface area contributed by atoms with E-state index in [1.165, 1.54) is 0 Å². The maximum atomic E-state index is 12.4. The maximum Gasteiger partial charge on any atom is 0.471 e. The lowest BCUT2D eigenvalue weighted by Gasteiger charge is -2.16. The minimum Gasteiger partial charge on any atom is -0.329 e. The molecule has 124 valence electrons. The van der Waals surface area contributed by atoms with Gasteiger partial charge < -0.3 is 4.52 Å². The van der Waals surface area contributed by atoms with E-state index in [0.29, 0.717) is 18.4 Å². The summed E-state index contributed by atoms with van der Waals surface area (Å²) in [5, 5.41) is 3.33. The first-order valence-electron chi connectivity index (χ1n) is 7.11. The van der Waals surface area contributed by atoms with Gasteiger partial charge in [-0.25, -0.2) is 0 Å². The van der Waals surface area contributed by atoms with Gasteiger partial charge in [0.1, 0.15) is 5.78 Å². The van der Waals surface area contributed by atoms with Gasteiger partial charge in [0, 0.05) is 17.4 Å². The molecule has 23 heavy (non-hydrogen) atoms. The number of nitrogens with zero attached hydrogens (tertiary/aromatic N) is 2. The molecule has 0 saturated heterocycles. The summed E-state index contributed by atoms with van der Waals surface area (Å²) in [6, 6.07) is 6.72. The van der Waals surface area contributed by atoms with E-state index < -0.39 is 12.1 Å². The molecule has 0 aliphatic rings. The molecule has 0 atom stereocenters. The molecule has 1 heterocycles. The van der Waals surface area contributed by atoms with Crippen LogP contribution in [0.1, 0.15) is 38.6 Å². The number of carbonyl (C=O) groups excluding carboxylic acids is 1. The highest BCUT2D eigenvalue weighted by atomic mass is 19.4. The largest absolute Gasteiger partial charge is 0.471 e. The van der Waals surface area contributed by atoms with Gasteiger partial charge >= 0.3 is 12.1 Å². The summed E-state index contributed by atoms with van der Waals surface area (Å²) in [5.41, 5.74) is 0.972. The highest BCUT2D eigenvalue weighted by Crippen LogP contribution is 2.29. The predicted molar refractivity (Wildman–Crippen MR) is 77.5 cm³/mol. The van der Waals surface area contributed by atoms with Crippen LogP contribution in [-0.4, -0.2) is 15.9 Å². The number of ketones is 1. The molecular weight excluding hydrogens is 309 g/mol. The number of aromatic nitrogens is 2. The third kappa shape index (κ3) is 4.40. The molecule has 2 rings (SSSR count). The third-order valence-corrected chi connectivity index (χ3v) is 3.36. The van der Waals surface area contributed by atoms with E-state index >= 15 is 0 Å². The number of Topliss-reactive ketones (excluding diaryl/α,β-unsaturated/α-hetero) is 1. The lowest BCUT2D eigenvalue weighted by molar-refractivity contribution is -0.159. The molecule has 4 nitrogen and oxygen atoms in total. The zero-order valence-corrected chi connectivity index (χ0v) is 13.1. The molecule has 0 N–H and O–H groups in total. The minimum atomic E-state index is -4.65. The lowest BCUT2D eigenvalue weighted by atomic mass is 9.87. The normalized spacial score (nSPS) is 12.4. The highest BCUT2D eigenvalue weighted by Gasteiger charge is 2.38. The number of carbonyl (C=O) groups is 1. The van der Waals surface area contributed by atoms with E-state index in [4.69, 9.17) is 0 Å². The van der Waals surface area contributed by atoms with Crippen molar-refractivity contribution >= 4 is 5.78 Å². The second-order valence-electron chi connectivity index (χ2n) is 6.29. The first-order valence-corrected chi connectivity index (χ1v) is 7.11. The van der Waals surface area contributed by atoms with Crippen molar-refractivity contribution in [3.8, 4) is 11.4 Å². The standard InChI is InChI=1S/C16H17F3N2O2/c1-15(2,3)12(22)9-6-10-4-7-11(8-5-10)13-20-14(23-21-13)16(17,18)19/h4-5,7-8H,6,9H2,1-3H3. The summed E-state index contributed by atoms with van der Waals surface area (Å²) in [7, 11) is 0. The zero-order valence-electron chi connectivity index (χ0n) is 13.1. The van der Waals surface area contributed by atoms with Gasteiger partial charge in [0.05, 0.1) is 0 Å². The van der Waals surface area contributed by atoms with Crippen molar-refractivity contribution < 1.29 is 22.5 Å². The van der Waals surface area contributed by atoms with Crippen LogP contribution < -0.4 is 0 Å². The van der Waals surface area contributed by atoms with E-state index in [2.05, 4.69) is 14.7 Å². The predicted octanol–water partition coefficient (Wildman–Crippen LogP) is 4.30. The number of hydrogen-bond acceptors (Lipinski definition) is 4. The van der Waals surface area contributed by atoms with Gasteiger partial charge in [0.25, 0.3) is 0 Å². The van der Waals surface area contributed by atoms with E-state index in [0.717, 1.165) is 5.56 Å². The van der Waals surface area contributed by atoms with Crippen LogP contribution in [0.5, 0.6) is 0 Å². The van der Waals surface area contributed by atoms with Crippen molar-refractivity contribution in [2.75, 3.05) is 0 Å². The molecule has 0 amide bonds. The van der Waals surface area contributed by atoms with Gasteiger partial charge in [-0.3, -0.25) is 4.79 Å². The fraction of sp³-hybridized carbons (Fsp3) is 0.438. The molecule has 1 aromatic heterocycles. The van der Waals surface area contributed by atoms with Crippen LogP contribution in [0, 0.1) is 5.41 Å². The molecular formula is C16H17F3N2O2. The number of benzene rings is 1. The number of hydrogen-bond donors (Lipinski definition) is 0. The minimum absolute atomic E-state index is 0.116. The van der Waals surface area contributed by atoms with Gasteiger partial charge in [0.15, 0.2) is 0 Å². The van der Waals surface area contributed by atoms with Crippen molar-refractivity contribution in [2.24, 2.45) is 5.41 Å². The van der Waals surface area contributed by atoms with Crippen LogP contribution in [0.2, 0.25) is 0 Å². The summed E-state index contributed by atoms with van der Waals surface area (Å²) in [6.45, 7) is 5.60. The van der Waals surface area contributed by atoms with Crippen LogP contribution in [0.3, 0.4) is 0 Å². The van der Waals surface area contributed by atoms with Crippen LogP contribution in [0.15, 0.2) is 28.8 Å². The summed E-state index contributed by atoms with van der Waals surface area (Å²) >= 11 is 0. The topological polar surface area (TPSA) is 56.0 Å². The molecule has 0 aliphatic carbocycles. The molecule has 0 bridgehead atoms. The Bertz CT molecular complexity index is 683. The third-order valence-electron chi connectivity index (χ3n) is 3.36. The molecule has 0 fully saturated rings. The number of rotatable bonds is 4. The summed E-state index contributed by atoms with van der Waals surface area (Å²) in [6.07, 6.45) is -3.65.